The number of likely N-dealkylation sites (N-methyl/N-ethyl adjacent to an activating group) is 1. The van der Waals surface area contributed by atoms with Crippen molar-refractivity contribution in [2.24, 2.45) is 0 Å². The fourth-order valence-corrected chi connectivity index (χ4v) is 3.05. The van der Waals surface area contributed by atoms with Gasteiger partial charge in [0.15, 0.2) is 0 Å². The quantitative estimate of drug-likeness (QED) is 0.766. The molecule has 2 unspecified atom stereocenters. The average Bonchev–Trinajstić information content (AvgIpc) is 2.97. The van der Waals surface area contributed by atoms with Crippen LogP contribution in [0, 0.1) is 0 Å². The van der Waals surface area contributed by atoms with Gasteiger partial charge in [0.05, 0.1) is 23.8 Å². The van der Waals surface area contributed by atoms with E-state index >= 15 is 0 Å². The van der Waals surface area contributed by atoms with Crippen LogP contribution in [0.25, 0.3) is 10.9 Å². The van der Waals surface area contributed by atoms with Gasteiger partial charge in [-0.25, -0.2) is 0 Å². The molecule has 0 bridgehead atoms. The van der Waals surface area contributed by atoms with Gasteiger partial charge in [-0.15, -0.1) is 0 Å². The first-order valence-electron chi connectivity index (χ1n) is 7.49. The van der Waals surface area contributed by atoms with Crippen molar-refractivity contribution in [3.63, 3.8) is 0 Å². The maximum atomic E-state index is 4.64. The van der Waals surface area contributed by atoms with E-state index in [1.54, 1.807) is 0 Å². The molecule has 0 saturated heterocycles. The van der Waals surface area contributed by atoms with Crippen LogP contribution in [0.4, 0.5) is 0 Å². The molecule has 0 amide bonds. The van der Waals surface area contributed by atoms with E-state index in [0.717, 1.165) is 6.42 Å². The van der Waals surface area contributed by atoms with Gasteiger partial charge in [-0.05, 0) is 25.1 Å². The summed E-state index contributed by atoms with van der Waals surface area (Å²) in [5.74, 6) is 0. The molecular weight excluding hydrogens is 258 g/mol. The second-order valence-corrected chi connectivity index (χ2v) is 5.30. The fraction of sp³-hybridized carbons (Fsp3) is 0.278. The summed E-state index contributed by atoms with van der Waals surface area (Å²) in [5, 5.41) is 9.29. The third-order valence-corrected chi connectivity index (χ3v) is 4.09. The molecule has 0 fully saturated rings. The van der Waals surface area contributed by atoms with E-state index in [1.165, 1.54) is 16.5 Å². The number of rotatable bonds is 5. The van der Waals surface area contributed by atoms with E-state index in [9.17, 15) is 0 Å². The van der Waals surface area contributed by atoms with Crippen LogP contribution < -0.4 is 5.32 Å². The normalized spacial score (nSPS) is 14.2. The monoisotopic (exact) mass is 279 g/mol. The summed E-state index contributed by atoms with van der Waals surface area (Å²) in [6, 6.07) is 19.5. The Labute approximate surface area is 125 Å². The summed E-state index contributed by atoms with van der Waals surface area (Å²) in [7, 11) is 2.02. The molecular formula is C18H21N3. The third kappa shape index (κ3) is 2.57. The van der Waals surface area contributed by atoms with Gasteiger partial charge in [0, 0.05) is 5.39 Å². The van der Waals surface area contributed by atoms with Crippen LogP contribution in [0.15, 0.2) is 60.8 Å². The third-order valence-electron chi connectivity index (χ3n) is 4.09. The molecule has 3 nitrogen and oxygen atoms in total. The molecule has 108 valence electrons. The molecule has 0 radical (unpaired) electrons. The SMILES string of the molecule is CCC(C(NC)c1ccccc1)n1ncc2ccccc21. The van der Waals surface area contributed by atoms with Crippen molar-refractivity contribution >= 4 is 10.9 Å². The van der Waals surface area contributed by atoms with E-state index < -0.39 is 0 Å². The number of hydrogen-bond acceptors (Lipinski definition) is 2. The van der Waals surface area contributed by atoms with Crippen LogP contribution in [0.5, 0.6) is 0 Å². The van der Waals surface area contributed by atoms with Crippen molar-refractivity contribution in [1.29, 1.82) is 0 Å². The Morgan fingerprint density at radius 2 is 1.76 bits per heavy atom. The Morgan fingerprint density at radius 3 is 2.48 bits per heavy atom. The molecule has 0 aliphatic carbocycles. The van der Waals surface area contributed by atoms with Crippen LogP contribution in [-0.2, 0) is 0 Å². The van der Waals surface area contributed by atoms with E-state index in [0.29, 0.717) is 0 Å². The Bertz CT molecular complexity index is 703. The number of fused-ring (bicyclic) bond motifs is 1. The van der Waals surface area contributed by atoms with Gasteiger partial charge in [0.1, 0.15) is 0 Å². The first-order valence-corrected chi connectivity index (χ1v) is 7.49. The molecule has 0 aliphatic heterocycles. The standard InChI is InChI=1S/C18H21N3/c1-3-16(18(19-2)14-9-5-4-6-10-14)21-17-12-8-7-11-15(17)13-20-21/h4-13,16,18-19H,3H2,1-2H3. The van der Waals surface area contributed by atoms with Gasteiger partial charge in [-0.2, -0.15) is 5.10 Å². The highest BCUT2D eigenvalue weighted by Gasteiger charge is 2.23. The lowest BCUT2D eigenvalue weighted by molar-refractivity contribution is 0.345. The lowest BCUT2D eigenvalue weighted by Crippen LogP contribution is -2.28. The molecule has 0 saturated carbocycles. The predicted molar refractivity (Wildman–Crippen MR) is 87.3 cm³/mol. The molecule has 0 aliphatic rings. The maximum Gasteiger partial charge on any atom is 0.0718 e. The summed E-state index contributed by atoms with van der Waals surface area (Å²) in [4.78, 5) is 0. The molecule has 21 heavy (non-hydrogen) atoms. The zero-order valence-corrected chi connectivity index (χ0v) is 12.5. The number of hydrogen-bond donors (Lipinski definition) is 1. The van der Waals surface area contributed by atoms with Crippen molar-refractivity contribution in [3.8, 4) is 0 Å². The minimum absolute atomic E-state index is 0.250. The van der Waals surface area contributed by atoms with Crippen LogP contribution in [0.1, 0.15) is 31.0 Å². The molecule has 2 aromatic carbocycles. The number of nitrogens with zero attached hydrogens (tertiary/aromatic N) is 2. The molecule has 3 aromatic rings. The highest BCUT2D eigenvalue weighted by Crippen LogP contribution is 2.31. The summed E-state index contributed by atoms with van der Waals surface area (Å²) in [5.41, 5.74) is 2.49. The number of aromatic nitrogens is 2. The van der Waals surface area contributed by atoms with Gasteiger partial charge in [-0.3, -0.25) is 4.68 Å². The Balaban J connectivity index is 2.04. The Morgan fingerprint density at radius 1 is 1.05 bits per heavy atom. The second kappa shape index (κ2) is 6.10. The Kier molecular flexibility index (Phi) is 4.02. The van der Waals surface area contributed by atoms with E-state index in [-0.39, 0.29) is 12.1 Å². The highest BCUT2D eigenvalue weighted by atomic mass is 15.3. The van der Waals surface area contributed by atoms with E-state index in [1.807, 2.05) is 13.2 Å². The molecule has 1 N–H and O–H groups in total. The summed E-state index contributed by atoms with van der Waals surface area (Å²) < 4.78 is 2.16. The van der Waals surface area contributed by atoms with Gasteiger partial charge >= 0.3 is 0 Å². The second-order valence-electron chi connectivity index (χ2n) is 5.30. The summed E-state index contributed by atoms with van der Waals surface area (Å²) in [6.45, 7) is 2.22. The first kappa shape index (κ1) is 13.8. The number of benzene rings is 2. The zero-order valence-electron chi connectivity index (χ0n) is 12.5. The van der Waals surface area contributed by atoms with Crippen LogP contribution in [-0.4, -0.2) is 16.8 Å². The van der Waals surface area contributed by atoms with E-state index in [2.05, 4.69) is 76.6 Å². The molecule has 1 heterocycles. The smallest absolute Gasteiger partial charge is 0.0718 e. The van der Waals surface area contributed by atoms with Crippen molar-refractivity contribution in [3.05, 3.63) is 66.4 Å². The van der Waals surface area contributed by atoms with Crippen molar-refractivity contribution < 1.29 is 0 Å². The zero-order chi connectivity index (χ0) is 14.7. The first-order chi connectivity index (χ1) is 10.3. The minimum atomic E-state index is 0.250. The average molecular weight is 279 g/mol. The molecule has 3 heteroatoms. The highest BCUT2D eigenvalue weighted by molar-refractivity contribution is 5.78. The largest absolute Gasteiger partial charge is 0.311 e. The lowest BCUT2D eigenvalue weighted by atomic mass is 9.97. The van der Waals surface area contributed by atoms with Crippen LogP contribution in [0.3, 0.4) is 0 Å². The molecule has 3 rings (SSSR count). The Hall–Kier alpha value is -2.13. The number of nitrogens with one attached hydrogen (secondary N) is 1. The number of para-hydroxylation sites is 1. The van der Waals surface area contributed by atoms with Gasteiger partial charge in [-0.1, -0.05) is 55.5 Å². The van der Waals surface area contributed by atoms with Crippen LogP contribution >= 0.6 is 0 Å². The van der Waals surface area contributed by atoms with E-state index in [4.69, 9.17) is 0 Å². The van der Waals surface area contributed by atoms with Gasteiger partial charge in [0.25, 0.3) is 0 Å². The fourth-order valence-electron chi connectivity index (χ4n) is 3.05. The molecule has 1 aromatic heterocycles. The summed E-state index contributed by atoms with van der Waals surface area (Å²) >= 11 is 0. The molecule has 0 spiro atoms. The van der Waals surface area contributed by atoms with Crippen LogP contribution in [0.2, 0.25) is 0 Å². The lowest BCUT2D eigenvalue weighted by Gasteiger charge is -2.27. The maximum absolute atomic E-state index is 4.64. The van der Waals surface area contributed by atoms with Crippen molar-refractivity contribution in [1.82, 2.24) is 15.1 Å². The minimum Gasteiger partial charge on any atom is -0.311 e. The summed E-state index contributed by atoms with van der Waals surface area (Å²) in [6.07, 6.45) is 2.97. The predicted octanol–water partition coefficient (Wildman–Crippen LogP) is 3.95. The van der Waals surface area contributed by atoms with Crippen molar-refractivity contribution in [2.75, 3.05) is 7.05 Å². The van der Waals surface area contributed by atoms with Gasteiger partial charge in [0.2, 0.25) is 0 Å². The van der Waals surface area contributed by atoms with Gasteiger partial charge < -0.3 is 5.32 Å². The topological polar surface area (TPSA) is 29.9 Å². The molecule has 2 atom stereocenters. The van der Waals surface area contributed by atoms with Crippen molar-refractivity contribution in [2.45, 2.75) is 25.4 Å².